The van der Waals surface area contributed by atoms with Gasteiger partial charge in [-0.1, -0.05) is 26.2 Å². The third-order valence-corrected chi connectivity index (χ3v) is 5.02. The van der Waals surface area contributed by atoms with E-state index in [1.165, 1.54) is 32.1 Å². The summed E-state index contributed by atoms with van der Waals surface area (Å²) < 4.78 is 0. The molecule has 1 saturated carbocycles. The topological polar surface area (TPSA) is 12.0 Å². The number of hydrogen-bond acceptors (Lipinski definition) is 2. The predicted molar refractivity (Wildman–Crippen MR) is 55.5 cm³/mol. The summed E-state index contributed by atoms with van der Waals surface area (Å²) in [6, 6.07) is 0.716. The molecule has 0 aromatic heterocycles. The average molecular weight is 185 g/mol. The lowest BCUT2D eigenvalue weighted by Crippen LogP contribution is -2.42. The number of nitrogens with one attached hydrogen (secondary N) is 1. The van der Waals surface area contributed by atoms with Crippen molar-refractivity contribution in [3.8, 4) is 0 Å². The van der Waals surface area contributed by atoms with Crippen LogP contribution in [0.1, 0.15) is 46.0 Å². The van der Waals surface area contributed by atoms with Gasteiger partial charge in [0.25, 0.3) is 0 Å². The first-order valence-electron chi connectivity index (χ1n) is 5.17. The molecule has 1 heterocycles. The van der Waals surface area contributed by atoms with Crippen molar-refractivity contribution < 1.29 is 0 Å². The van der Waals surface area contributed by atoms with E-state index >= 15 is 0 Å². The van der Waals surface area contributed by atoms with Crippen molar-refractivity contribution in [1.82, 2.24) is 5.32 Å². The number of rotatable bonds is 0. The molecular formula is C10H19NS. The van der Waals surface area contributed by atoms with E-state index in [4.69, 9.17) is 0 Å². The molecule has 2 fully saturated rings. The summed E-state index contributed by atoms with van der Waals surface area (Å²) in [5.41, 5.74) is 0. The maximum atomic E-state index is 3.78. The van der Waals surface area contributed by atoms with E-state index in [0.717, 1.165) is 5.25 Å². The van der Waals surface area contributed by atoms with Crippen LogP contribution in [-0.2, 0) is 0 Å². The van der Waals surface area contributed by atoms with Crippen LogP contribution >= 0.6 is 11.8 Å². The molecule has 0 aromatic rings. The largest absolute Gasteiger partial charge is 0.299 e. The van der Waals surface area contributed by atoms with Gasteiger partial charge in [0, 0.05) is 11.3 Å². The third-order valence-electron chi connectivity index (χ3n) is 3.27. The van der Waals surface area contributed by atoms with Crippen molar-refractivity contribution in [3.63, 3.8) is 0 Å². The zero-order chi connectivity index (χ0) is 8.60. The zero-order valence-corrected chi connectivity index (χ0v) is 8.91. The van der Waals surface area contributed by atoms with E-state index in [1.807, 2.05) is 0 Å². The summed E-state index contributed by atoms with van der Waals surface area (Å²) in [7, 11) is 0. The smallest absolute Gasteiger partial charge is 0.0650 e. The van der Waals surface area contributed by atoms with Crippen LogP contribution in [0.2, 0.25) is 0 Å². The Bertz CT molecular complexity index is 151. The number of hydrogen-bond donors (Lipinski definition) is 1. The Hall–Kier alpha value is 0.310. The van der Waals surface area contributed by atoms with E-state index in [2.05, 4.69) is 30.9 Å². The Morgan fingerprint density at radius 3 is 2.33 bits per heavy atom. The molecule has 70 valence electrons. The highest BCUT2D eigenvalue weighted by Gasteiger charge is 2.41. The SMILES string of the molecule is CC1NC2(CCCCC2)SC1C. The molecule has 0 bridgehead atoms. The lowest BCUT2D eigenvalue weighted by Gasteiger charge is -2.33. The first-order valence-corrected chi connectivity index (χ1v) is 6.05. The Morgan fingerprint density at radius 1 is 1.17 bits per heavy atom. The van der Waals surface area contributed by atoms with E-state index in [1.54, 1.807) is 0 Å². The second-order valence-electron chi connectivity index (χ2n) is 4.31. The van der Waals surface area contributed by atoms with Crippen molar-refractivity contribution >= 4 is 11.8 Å². The third kappa shape index (κ3) is 1.51. The van der Waals surface area contributed by atoms with Crippen LogP contribution in [0.3, 0.4) is 0 Å². The van der Waals surface area contributed by atoms with Gasteiger partial charge in [0.2, 0.25) is 0 Å². The van der Waals surface area contributed by atoms with Gasteiger partial charge in [-0.3, -0.25) is 5.32 Å². The molecule has 1 nitrogen and oxygen atoms in total. The molecule has 0 aromatic carbocycles. The summed E-state index contributed by atoms with van der Waals surface area (Å²) in [4.78, 5) is 0.483. The molecule has 2 unspecified atom stereocenters. The first kappa shape index (κ1) is 8.89. The van der Waals surface area contributed by atoms with Gasteiger partial charge in [0.05, 0.1) is 4.87 Å². The summed E-state index contributed by atoms with van der Waals surface area (Å²) in [5.74, 6) is 0. The Balaban J connectivity index is 2.02. The molecule has 1 N–H and O–H groups in total. The summed E-state index contributed by atoms with van der Waals surface area (Å²) in [5, 5.41) is 4.59. The highest BCUT2D eigenvalue weighted by atomic mass is 32.2. The molecule has 1 saturated heterocycles. The minimum atomic E-state index is 0.483. The normalized spacial score (nSPS) is 40.5. The van der Waals surface area contributed by atoms with E-state index in [-0.39, 0.29) is 0 Å². The van der Waals surface area contributed by atoms with Gasteiger partial charge in [-0.05, 0) is 19.8 Å². The highest BCUT2D eigenvalue weighted by Crippen LogP contribution is 2.45. The second-order valence-corrected chi connectivity index (χ2v) is 6.07. The van der Waals surface area contributed by atoms with Gasteiger partial charge < -0.3 is 0 Å². The molecule has 2 rings (SSSR count). The molecule has 2 heteroatoms. The summed E-state index contributed by atoms with van der Waals surface area (Å²) in [6.07, 6.45) is 7.10. The maximum Gasteiger partial charge on any atom is 0.0650 e. The monoisotopic (exact) mass is 185 g/mol. The Labute approximate surface area is 79.7 Å². The molecular weight excluding hydrogens is 166 g/mol. The minimum absolute atomic E-state index is 0.483. The summed E-state index contributed by atoms with van der Waals surface area (Å²) in [6.45, 7) is 4.67. The quantitative estimate of drug-likeness (QED) is 0.623. The van der Waals surface area contributed by atoms with Gasteiger partial charge in [-0.25, -0.2) is 0 Å². The fraction of sp³-hybridized carbons (Fsp3) is 1.00. The fourth-order valence-electron chi connectivity index (χ4n) is 2.41. The van der Waals surface area contributed by atoms with Crippen LogP contribution in [0, 0.1) is 0 Å². The zero-order valence-electron chi connectivity index (χ0n) is 8.10. The van der Waals surface area contributed by atoms with Crippen molar-refractivity contribution in [2.75, 3.05) is 0 Å². The lowest BCUT2D eigenvalue weighted by molar-refractivity contribution is 0.331. The van der Waals surface area contributed by atoms with Crippen LogP contribution in [0.4, 0.5) is 0 Å². The van der Waals surface area contributed by atoms with Crippen molar-refractivity contribution in [1.29, 1.82) is 0 Å². The predicted octanol–water partition coefficient (Wildman–Crippen LogP) is 2.76. The molecule has 1 aliphatic carbocycles. The molecule has 2 atom stereocenters. The van der Waals surface area contributed by atoms with Gasteiger partial charge >= 0.3 is 0 Å². The minimum Gasteiger partial charge on any atom is -0.299 e. The van der Waals surface area contributed by atoms with E-state index in [0.29, 0.717) is 10.9 Å². The molecule has 0 radical (unpaired) electrons. The maximum absolute atomic E-state index is 3.78. The van der Waals surface area contributed by atoms with Gasteiger partial charge in [0.1, 0.15) is 0 Å². The van der Waals surface area contributed by atoms with Crippen molar-refractivity contribution in [2.24, 2.45) is 0 Å². The van der Waals surface area contributed by atoms with E-state index in [9.17, 15) is 0 Å². The first-order chi connectivity index (χ1) is 5.72. The lowest BCUT2D eigenvalue weighted by atomic mass is 9.94. The van der Waals surface area contributed by atoms with Crippen LogP contribution < -0.4 is 5.32 Å². The number of thioether (sulfide) groups is 1. The molecule has 12 heavy (non-hydrogen) atoms. The molecule has 1 aliphatic heterocycles. The van der Waals surface area contributed by atoms with Crippen LogP contribution in [0.25, 0.3) is 0 Å². The van der Waals surface area contributed by atoms with Crippen LogP contribution in [0.5, 0.6) is 0 Å². The van der Waals surface area contributed by atoms with Gasteiger partial charge in [0.15, 0.2) is 0 Å². The van der Waals surface area contributed by atoms with Crippen LogP contribution in [-0.4, -0.2) is 16.2 Å². The van der Waals surface area contributed by atoms with Crippen molar-refractivity contribution in [3.05, 3.63) is 0 Å². The van der Waals surface area contributed by atoms with Crippen LogP contribution in [0.15, 0.2) is 0 Å². The summed E-state index contributed by atoms with van der Waals surface area (Å²) >= 11 is 2.19. The molecule has 2 aliphatic rings. The second kappa shape index (κ2) is 3.22. The Morgan fingerprint density at radius 2 is 1.83 bits per heavy atom. The average Bonchev–Trinajstić information content (AvgIpc) is 2.29. The van der Waals surface area contributed by atoms with Gasteiger partial charge in [-0.2, -0.15) is 0 Å². The van der Waals surface area contributed by atoms with Crippen molar-refractivity contribution in [2.45, 2.75) is 62.1 Å². The van der Waals surface area contributed by atoms with E-state index < -0.39 is 0 Å². The van der Waals surface area contributed by atoms with Gasteiger partial charge in [-0.15, -0.1) is 11.8 Å². The fourth-order valence-corrected chi connectivity index (χ4v) is 4.17. The standard InChI is InChI=1S/C10H19NS/c1-8-9(2)12-10(11-8)6-4-3-5-7-10/h8-9,11H,3-7H2,1-2H3. The molecule has 0 amide bonds. The molecule has 1 spiro atoms. The highest BCUT2D eigenvalue weighted by molar-refractivity contribution is 8.01. The Kier molecular flexibility index (Phi) is 2.39.